The van der Waals surface area contributed by atoms with Crippen molar-refractivity contribution in [1.29, 1.82) is 0 Å². The van der Waals surface area contributed by atoms with Gasteiger partial charge < -0.3 is 5.32 Å². The van der Waals surface area contributed by atoms with Gasteiger partial charge in [0.05, 0.1) is 5.56 Å². The Morgan fingerprint density at radius 3 is 2.60 bits per heavy atom. The Balaban J connectivity index is 1.98. The summed E-state index contributed by atoms with van der Waals surface area (Å²) in [6, 6.07) is 5.11. The van der Waals surface area contributed by atoms with Gasteiger partial charge in [-0.1, -0.05) is 25.0 Å². The predicted octanol–water partition coefficient (Wildman–Crippen LogP) is 3.78. The Bertz CT molecular complexity index is 502. The van der Waals surface area contributed by atoms with Crippen LogP contribution in [0.15, 0.2) is 30.3 Å². The summed E-state index contributed by atoms with van der Waals surface area (Å²) in [7, 11) is 0. The van der Waals surface area contributed by atoms with E-state index in [1.54, 1.807) is 0 Å². The van der Waals surface area contributed by atoms with E-state index in [9.17, 15) is 18.0 Å². The molecule has 1 aliphatic rings. The lowest BCUT2D eigenvalue weighted by atomic mass is 10.1. The van der Waals surface area contributed by atoms with E-state index < -0.39 is 11.7 Å². The van der Waals surface area contributed by atoms with Crippen molar-refractivity contribution in [2.24, 2.45) is 0 Å². The molecule has 0 aromatic heterocycles. The topological polar surface area (TPSA) is 29.1 Å². The zero-order valence-corrected chi connectivity index (χ0v) is 10.9. The highest BCUT2D eigenvalue weighted by molar-refractivity contribution is 5.91. The average molecular weight is 283 g/mol. The van der Waals surface area contributed by atoms with Crippen LogP contribution < -0.4 is 5.32 Å². The summed E-state index contributed by atoms with van der Waals surface area (Å²) >= 11 is 0. The van der Waals surface area contributed by atoms with Gasteiger partial charge in [0, 0.05) is 12.1 Å². The van der Waals surface area contributed by atoms with Crippen LogP contribution in [0.4, 0.5) is 13.2 Å². The Kier molecular flexibility index (Phi) is 4.47. The van der Waals surface area contributed by atoms with E-state index in [1.165, 1.54) is 24.3 Å². The zero-order chi connectivity index (χ0) is 14.6. The molecule has 5 heteroatoms. The van der Waals surface area contributed by atoms with Crippen molar-refractivity contribution in [3.63, 3.8) is 0 Å². The molecule has 2 nitrogen and oxygen atoms in total. The first-order valence-electron chi connectivity index (χ1n) is 6.61. The number of carbonyl (C=O) groups excluding carboxylic acids is 1. The van der Waals surface area contributed by atoms with Gasteiger partial charge in [-0.25, -0.2) is 0 Å². The summed E-state index contributed by atoms with van der Waals surface area (Å²) in [6.45, 7) is 0. The molecule has 1 saturated carbocycles. The lowest BCUT2D eigenvalue weighted by molar-refractivity contribution is -0.137. The van der Waals surface area contributed by atoms with Gasteiger partial charge >= 0.3 is 6.18 Å². The monoisotopic (exact) mass is 283 g/mol. The third-order valence-electron chi connectivity index (χ3n) is 3.34. The Labute approximate surface area is 115 Å². The molecule has 0 aliphatic heterocycles. The quantitative estimate of drug-likeness (QED) is 0.840. The van der Waals surface area contributed by atoms with Crippen molar-refractivity contribution in [2.45, 2.75) is 37.9 Å². The largest absolute Gasteiger partial charge is 0.416 e. The second-order valence-electron chi connectivity index (χ2n) is 4.95. The standard InChI is InChI=1S/C15H16F3NO/c16-15(17,18)12-5-3-4-11(10-12)8-9-14(20)19-13-6-1-2-7-13/h3-5,8-10,13H,1-2,6-7H2,(H,19,20). The van der Waals surface area contributed by atoms with Crippen molar-refractivity contribution in [1.82, 2.24) is 5.32 Å². The fourth-order valence-electron chi connectivity index (χ4n) is 2.31. The molecule has 1 fully saturated rings. The summed E-state index contributed by atoms with van der Waals surface area (Å²) in [6.07, 6.45) is 2.50. The molecule has 1 aromatic carbocycles. The van der Waals surface area contributed by atoms with Crippen LogP contribution in [0.25, 0.3) is 6.08 Å². The Morgan fingerprint density at radius 2 is 1.95 bits per heavy atom. The van der Waals surface area contributed by atoms with Gasteiger partial charge in [-0.15, -0.1) is 0 Å². The SMILES string of the molecule is O=C(C=Cc1cccc(C(F)(F)F)c1)NC1CCCC1. The summed E-state index contributed by atoms with van der Waals surface area (Å²) < 4.78 is 37.6. The number of alkyl halides is 3. The molecule has 2 rings (SSSR count). The van der Waals surface area contributed by atoms with Gasteiger partial charge in [0.2, 0.25) is 5.91 Å². The number of nitrogens with one attached hydrogen (secondary N) is 1. The van der Waals surface area contributed by atoms with Crippen molar-refractivity contribution in [3.8, 4) is 0 Å². The number of halogens is 3. The van der Waals surface area contributed by atoms with E-state index in [4.69, 9.17) is 0 Å². The number of rotatable bonds is 3. The molecule has 1 aliphatic carbocycles. The molecule has 0 spiro atoms. The van der Waals surface area contributed by atoms with Crippen molar-refractivity contribution < 1.29 is 18.0 Å². The molecule has 1 N–H and O–H groups in total. The third kappa shape index (κ3) is 4.11. The first kappa shape index (κ1) is 14.6. The van der Waals surface area contributed by atoms with Crippen LogP contribution in [-0.2, 0) is 11.0 Å². The van der Waals surface area contributed by atoms with Crippen molar-refractivity contribution >= 4 is 12.0 Å². The maximum absolute atomic E-state index is 12.5. The fraction of sp³-hybridized carbons (Fsp3) is 0.400. The lowest BCUT2D eigenvalue weighted by Gasteiger charge is -2.09. The molecule has 0 saturated heterocycles. The minimum Gasteiger partial charge on any atom is -0.350 e. The Morgan fingerprint density at radius 1 is 1.25 bits per heavy atom. The zero-order valence-electron chi connectivity index (χ0n) is 10.9. The molecule has 0 atom stereocenters. The maximum Gasteiger partial charge on any atom is 0.416 e. The number of hydrogen-bond donors (Lipinski definition) is 1. The van der Waals surface area contributed by atoms with Gasteiger partial charge in [0.15, 0.2) is 0 Å². The predicted molar refractivity (Wildman–Crippen MR) is 70.9 cm³/mol. The van der Waals surface area contributed by atoms with Crippen molar-refractivity contribution in [2.75, 3.05) is 0 Å². The van der Waals surface area contributed by atoms with E-state index in [0.29, 0.717) is 5.56 Å². The average Bonchev–Trinajstić information content (AvgIpc) is 2.88. The summed E-state index contributed by atoms with van der Waals surface area (Å²) in [4.78, 5) is 11.6. The fourth-order valence-corrected chi connectivity index (χ4v) is 2.31. The minimum atomic E-state index is -4.37. The van der Waals surface area contributed by atoms with Crippen molar-refractivity contribution in [3.05, 3.63) is 41.5 Å². The number of benzene rings is 1. The molecule has 0 heterocycles. The van der Waals surface area contributed by atoms with Crippen LogP contribution in [0.1, 0.15) is 36.8 Å². The molecule has 108 valence electrons. The highest BCUT2D eigenvalue weighted by Gasteiger charge is 2.30. The molecule has 1 aromatic rings. The maximum atomic E-state index is 12.5. The first-order valence-corrected chi connectivity index (χ1v) is 6.61. The smallest absolute Gasteiger partial charge is 0.350 e. The molecular formula is C15H16F3NO. The second-order valence-corrected chi connectivity index (χ2v) is 4.95. The van der Waals surface area contributed by atoms with E-state index in [-0.39, 0.29) is 11.9 Å². The van der Waals surface area contributed by atoms with Gasteiger partial charge in [0.25, 0.3) is 0 Å². The number of hydrogen-bond acceptors (Lipinski definition) is 1. The molecule has 0 unspecified atom stereocenters. The van der Waals surface area contributed by atoms with E-state index in [1.807, 2.05) is 0 Å². The molecule has 1 amide bonds. The van der Waals surface area contributed by atoms with Crippen LogP contribution in [0.5, 0.6) is 0 Å². The van der Waals surface area contributed by atoms with Crippen LogP contribution in [0.2, 0.25) is 0 Å². The highest BCUT2D eigenvalue weighted by atomic mass is 19.4. The number of carbonyl (C=O) groups is 1. The van der Waals surface area contributed by atoms with Gasteiger partial charge in [0.1, 0.15) is 0 Å². The van der Waals surface area contributed by atoms with Gasteiger partial charge in [-0.05, 0) is 36.6 Å². The summed E-state index contributed by atoms with van der Waals surface area (Å²) in [5.74, 6) is -0.255. The van der Waals surface area contributed by atoms with Gasteiger partial charge in [-0.3, -0.25) is 4.79 Å². The van der Waals surface area contributed by atoms with Gasteiger partial charge in [-0.2, -0.15) is 13.2 Å². The second kappa shape index (κ2) is 6.11. The highest BCUT2D eigenvalue weighted by Crippen LogP contribution is 2.29. The van der Waals surface area contributed by atoms with E-state index >= 15 is 0 Å². The number of amides is 1. The van der Waals surface area contributed by atoms with Crippen LogP contribution >= 0.6 is 0 Å². The Hall–Kier alpha value is -1.78. The normalized spacial score (nSPS) is 16.8. The van der Waals surface area contributed by atoms with Crippen LogP contribution in [-0.4, -0.2) is 11.9 Å². The van der Waals surface area contributed by atoms with Crippen LogP contribution in [0, 0.1) is 0 Å². The molecule has 20 heavy (non-hydrogen) atoms. The summed E-state index contributed by atoms with van der Waals surface area (Å²) in [5.41, 5.74) is -0.350. The van der Waals surface area contributed by atoms with Crippen LogP contribution in [0.3, 0.4) is 0 Å². The first-order chi connectivity index (χ1) is 9.45. The molecule has 0 bridgehead atoms. The molecule has 0 radical (unpaired) electrons. The van der Waals surface area contributed by atoms with E-state index in [0.717, 1.165) is 37.8 Å². The lowest BCUT2D eigenvalue weighted by Crippen LogP contribution is -2.30. The van der Waals surface area contributed by atoms with E-state index in [2.05, 4.69) is 5.32 Å². The summed E-state index contributed by atoms with van der Waals surface area (Å²) in [5, 5.41) is 2.85. The third-order valence-corrected chi connectivity index (χ3v) is 3.34. The minimum absolute atomic E-state index is 0.202. The molecular weight excluding hydrogens is 267 g/mol.